The van der Waals surface area contributed by atoms with Crippen molar-refractivity contribution in [1.29, 1.82) is 0 Å². The first kappa shape index (κ1) is 18.0. The van der Waals surface area contributed by atoms with E-state index in [0.717, 1.165) is 35.2 Å². The van der Waals surface area contributed by atoms with Crippen molar-refractivity contribution in [1.82, 2.24) is 0 Å². The van der Waals surface area contributed by atoms with Crippen molar-refractivity contribution >= 4 is 34.8 Å². The molecule has 24 heavy (non-hydrogen) atoms. The topological polar surface area (TPSA) is 58.2 Å². The predicted octanol–water partition coefficient (Wildman–Crippen LogP) is 4.35. The molecule has 0 fully saturated rings. The summed E-state index contributed by atoms with van der Waals surface area (Å²) < 4.78 is 0. The molecule has 0 saturated carbocycles. The molecule has 2 rings (SSSR count). The summed E-state index contributed by atoms with van der Waals surface area (Å²) in [6.45, 7) is 5.82. The summed E-state index contributed by atoms with van der Waals surface area (Å²) >= 11 is 6.03. The van der Waals surface area contributed by atoms with E-state index in [0.29, 0.717) is 10.7 Å². The average molecular weight is 345 g/mol. The number of anilines is 2. The van der Waals surface area contributed by atoms with Crippen molar-refractivity contribution in [3.63, 3.8) is 0 Å². The van der Waals surface area contributed by atoms with Crippen molar-refractivity contribution < 1.29 is 9.59 Å². The lowest BCUT2D eigenvalue weighted by Gasteiger charge is -2.14. The number of nitrogens with one attached hydrogen (secondary N) is 2. The molecule has 2 N–H and O–H groups in total. The third kappa shape index (κ3) is 3.95. The molecule has 0 bridgehead atoms. The first-order valence-corrected chi connectivity index (χ1v) is 8.33. The van der Waals surface area contributed by atoms with Gasteiger partial charge in [0.25, 0.3) is 0 Å². The lowest BCUT2D eigenvalue weighted by molar-refractivity contribution is -0.133. The molecule has 0 radical (unpaired) electrons. The molecule has 0 unspecified atom stereocenters. The largest absolute Gasteiger partial charge is 0.317 e. The maximum Gasteiger partial charge on any atom is 0.314 e. The molecular weight excluding hydrogens is 324 g/mol. The third-order valence-electron chi connectivity index (χ3n) is 3.96. The molecule has 4 nitrogen and oxygen atoms in total. The number of benzene rings is 2. The molecular formula is C19H21ClN2O2. The quantitative estimate of drug-likeness (QED) is 0.810. The molecule has 126 valence electrons. The van der Waals surface area contributed by atoms with Crippen LogP contribution in [0.2, 0.25) is 5.02 Å². The highest BCUT2D eigenvalue weighted by Gasteiger charge is 2.18. The van der Waals surface area contributed by atoms with E-state index in [9.17, 15) is 9.59 Å². The highest BCUT2D eigenvalue weighted by atomic mass is 35.5. The van der Waals surface area contributed by atoms with Gasteiger partial charge in [0.1, 0.15) is 0 Å². The molecule has 0 saturated heterocycles. The Bertz CT molecular complexity index is 750. The van der Waals surface area contributed by atoms with Crippen LogP contribution in [0.3, 0.4) is 0 Å². The van der Waals surface area contributed by atoms with E-state index in [2.05, 4.69) is 10.6 Å². The SMILES string of the molecule is CCc1cccc(CC)c1NC(=O)C(=O)Nc1cccc(Cl)c1C. The Labute approximate surface area is 147 Å². The first-order chi connectivity index (χ1) is 11.5. The average Bonchev–Trinajstić information content (AvgIpc) is 2.58. The van der Waals surface area contributed by atoms with Crippen LogP contribution in [0, 0.1) is 6.92 Å². The Morgan fingerprint density at radius 2 is 1.46 bits per heavy atom. The third-order valence-corrected chi connectivity index (χ3v) is 4.37. The Morgan fingerprint density at radius 1 is 0.917 bits per heavy atom. The van der Waals surface area contributed by atoms with Gasteiger partial charge in [-0.1, -0.05) is 49.7 Å². The van der Waals surface area contributed by atoms with E-state index in [-0.39, 0.29) is 0 Å². The number of para-hydroxylation sites is 1. The number of carbonyl (C=O) groups excluding carboxylic acids is 2. The van der Waals surface area contributed by atoms with Gasteiger partial charge in [0, 0.05) is 16.4 Å². The van der Waals surface area contributed by atoms with Crippen molar-refractivity contribution in [2.75, 3.05) is 10.6 Å². The maximum atomic E-state index is 12.3. The summed E-state index contributed by atoms with van der Waals surface area (Å²) in [6.07, 6.45) is 1.55. The lowest BCUT2D eigenvalue weighted by Crippen LogP contribution is -2.30. The van der Waals surface area contributed by atoms with Gasteiger partial charge in [-0.05, 0) is 48.6 Å². The summed E-state index contributed by atoms with van der Waals surface area (Å²) in [4.78, 5) is 24.5. The summed E-state index contributed by atoms with van der Waals surface area (Å²) in [7, 11) is 0. The lowest BCUT2D eigenvalue weighted by atomic mass is 10.0. The van der Waals surface area contributed by atoms with Gasteiger partial charge in [-0.3, -0.25) is 9.59 Å². The molecule has 0 aromatic heterocycles. The van der Waals surface area contributed by atoms with Gasteiger partial charge in [0.2, 0.25) is 0 Å². The van der Waals surface area contributed by atoms with Crippen molar-refractivity contribution in [2.45, 2.75) is 33.6 Å². The van der Waals surface area contributed by atoms with Gasteiger partial charge in [-0.15, -0.1) is 0 Å². The number of amides is 2. The van der Waals surface area contributed by atoms with Crippen molar-refractivity contribution in [2.24, 2.45) is 0 Å². The van der Waals surface area contributed by atoms with Crippen molar-refractivity contribution in [3.8, 4) is 0 Å². The van der Waals surface area contributed by atoms with E-state index < -0.39 is 11.8 Å². The van der Waals surface area contributed by atoms with E-state index in [1.54, 1.807) is 25.1 Å². The first-order valence-electron chi connectivity index (χ1n) is 7.96. The van der Waals surface area contributed by atoms with Gasteiger partial charge < -0.3 is 10.6 Å². The van der Waals surface area contributed by atoms with Crippen LogP contribution >= 0.6 is 11.6 Å². The van der Waals surface area contributed by atoms with Crippen molar-refractivity contribution in [3.05, 3.63) is 58.1 Å². The number of hydrogen-bond donors (Lipinski definition) is 2. The van der Waals surface area contributed by atoms with Crippen LogP contribution in [0.1, 0.15) is 30.5 Å². The fraction of sp³-hybridized carbons (Fsp3) is 0.263. The zero-order valence-corrected chi connectivity index (χ0v) is 14.8. The fourth-order valence-corrected chi connectivity index (χ4v) is 2.67. The van der Waals surface area contributed by atoms with Gasteiger partial charge >= 0.3 is 11.8 Å². The number of rotatable bonds is 4. The second-order valence-corrected chi connectivity index (χ2v) is 5.89. The van der Waals surface area contributed by atoms with Crippen LogP contribution < -0.4 is 10.6 Å². The standard InChI is InChI=1S/C19H21ClN2O2/c1-4-13-8-6-9-14(5-2)17(13)22-19(24)18(23)21-16-11-7-10-15(20)12(16)3/h6-11H,4-5H2,1-3H3,(H,21,23)(H,22,24). The minimum absolute atomic E-state index is 0.530. The smallest absolute Gasteiger partial charge is 0.314 e. The highest BCUT2D eigenvalue weighted by molar-refractivity contribution is 6.44. The van der Waals surface area contributed by atoms with Crippen LogP contribution in [0.15, 0.2) is 36.4 Å². The van der Waals surface area contributed by atoms with E-state index in [1.165, 1.54) is 0 Å². The molecule has 0 aliphatic heterocycles. The normalized spacial score (nSPS) is 10.3. The molecule has 0 aliphatic carbocycles. The molecule has 2 aromatic carbocycles. The molecule has 5 heteroatoms. The zero-order chi connectivity index (χ0) is 17.7. The maximum absolute atomic E-state index is 12.3. The molecule has 0 aliphatic rings. The van der Waals surface area contributed by atoms with Crippen LogP contribution in [-0.4, -0.2) is 11.8 Å². The van der Waals surface area contributed by atoms with Crippen LogP contribution in [0.4, 0.5) is 11.4 Å². The Morgan fingerprint density at radius 3 is 2.04 bits per heavy atom. The Kier molecular flexibility index (Phi) is 5.99. The van der Waals surface area contributed by atoms with E-state index in [1.807, 2.05) is 32.0 Å². The van der Waals surface area contributed by atoms with Gasteiger partial charge in [0.05, 0.1) is 0 Å². The number of hydrogen-bond acceptors (Lipinski definition) is 2. The fourth-order valence-electron chi connectivity index (χ4n) is 2.50. The predicted molar refractivity (Wildman–Crippen MR) is 98.6 cm³/mol. The summed E-state index contributed by atoms with van der Waals surface area (Å²) in [5.74, 6) is -1.40. The number of carbonyl (C=O) groups is 2. The second kappa shape index (κ2) is 7.97. The molecule has 0 heterocycles. The van der Waals surface area contributed by atoms with E-state index in [4.69, 9.17) is 11.6 Å². The summed E-state index contributed by atoms with van der Waals surface area (Å²) in [6, 6.07) is 11.0. The second-order valence-electron chi connectivity index (χ2n) is 5.48. The number of halogens is 1. The van der Waals surface area contributed by atoms with Crippen LogP contribution in [0.5, 0.6) is 0 Å². The molecule has 0 spiro atoms. The summed E-state index contributed by atoms with van der Waals surface area (Å²) in [5.41, 5.74) is 4.00. The zero-order valence-electron chi connectivity index (χ0n) is 14.1. The van der Waals surface area contributed by atoms with E-state index >= 15 is 0 Å². The molecule has 2 amide bonds. The summed E-state index contributed by atoms with van der Waals surface area (Å²) in [5, 5.41) is 5.90. The minimum Gasteiger partial charge on any atom is -0.317 e. The molecule has 0 atom stereocenters. The minimum atomic E-state index is -0.715. The monoisotopic (exact) mass is 344 g/mol. The Balaban J connectivity index is 2.18. The van der Waals surface area contributed by atoms with Gasteiger partial charge in [0.15, 0.2) is 0 Å². The highest BCUT2D eigenvalue weighted by Crippen LogP contribution is 2.24. The number of aryl methyl sites for hydroxylation is 2. The van der Waals surface area contributed by atoms with Gasteiger partial charge in [-0.2, -0.15) is 0 Å². The van der Waals surface area contributed by atoms with Crippen LogP contribution in [0.25, 0.3) is 0 Å². The molecule has 2 aromatic rings. The Hall–Kier alpha value is -2.33. The van der Waals surface area contributed by atoms with Gasteiger partial charge in [-0.25, -0.2) is 0 Å². The van der Waals surface area contributed by atoms with Crippen LogP contribution in [-0.2, 0) is 22.4 Å².